The highest BCUT2D eigenvalue weighted by Crippen LogP contribution is 2.78. The van der Waals surface area contributed by atoms with E-state index in [1.165, 1.54) is 47.5 Å². The minimum atomic E-state index is -1.62. The van der Waals surface area contributed by atoms with Gasteiger partial charge < -0.3 is 14.7 Å². The molecular weight excluding hydrogens is 586 g/mol. The van der Waals surface area contributed by atoms with Crippen LogP contribution in [0.3, 0.4) is 0 Å². The van der Waals surface area contributed by atoms with Crippen LogP contribution in [0.25, 0.3) is 6.08 Å². The topological polar surface area (TPSA) is 93.3 Å². The van der Waals surface area contributed by atoms with Crippen LogP contribution >= 0.6 is 0 Å². The van der Waals surface area contributed by atoms with E-state index < -0.39 is 11.2 Å². The van der Waals surface area contributed by atoms with Crippen LogP contribution in [-0.2, 0) is 31.7 Å². The summed E-state index contributed by atoms with van der Waals surface area (Å²) >= 11 is -1.62. The summed E-state index contributed by atoms with van der Waals surface area (Å²) in [6, 6.07) is 14.6. The number of rotatable bonds is 5. The monoisotopic (exact) mass is 629 g/mol. The third-order valence-corrected chi connectivity index (χ3v) is 12.1. The number of carbonyl (C=O) groups excluding carboxylic acids is 3. The van der Waals surface area contributed by atoms with Crippen LogP contribution in [0.1, 0.15) is 78.9 Å². The predicted molar refractivity (Wildman–Crippen MR) is 176 cm³/mol. The number of nitrogens with one attached hydrogen (secondary N) is 1. The number of hydrogen-bond donors (Lipinski definition) is 1. The van der Waals surface area contributed by atoms with Gasteiger partial charge >= 0.3 is 0 Å². The second-order valence-electron chi connectivity index (χ2n) is 13.5. The van der Waals surface area contributed by atoms with Gasteiger partial charge in [0, 0.05) is 76.0 Å². The fraction of sp³-hybridized carbons (Fsp3) is 0.514. The average molecular weight is 630 g/mol. The molecule has 2 aromatic rings. The normalized spacial score (nSPS) is 27.6. The highest BCUT2D eigenvalue weighted by molar-refractivity contribution is 7.81. The molecule has 3 fully saturated rings. The van der Waals surface area contributed by atoms with Crippen molar-refractivity contribution >= 4 is 40.7 Å². The Morgan fingerprint density at radius 2 is 1.62 bits per heavy atom. The van der Waals surface area contributed by atoms with E-state index in [1.807, 2.05) is 17.0 Å². The molecule has 5 aliphatic rings. The minimum absolute atomic E-state index is 0.0389. The number of benzene rings is 2. The lowest BCUT2D eigenvalue weighted by Crippen LogP contribution is -2.50. The van der Waals surface area contributed by atoms with Crippen molar-refractivity contribution in [3.63, 3.8) is 0 Å². The largest absolute Gasteiger partial charge is 0.360 e. The summed E-state index contributed by atoms with van der Waals surface area (Å²) < 4.78 is 16.5. The quantitative estimate of drug-likeness (QED) is 0.541. The maximum atomic E-state index is 14.0. The summed E-state index contributed by atoms with van der Waals surface area (Å²) in [5.41, 5.74) is 5.73. The first-order chi connectivity index (χ1) is 21.7. The number of piperazine rings is 1. The fourth-order valence-electron chi connectivity index (χ4n) is 8.90. The van der Waals surface area contributed by atoms with Crippen LogP contribution in [0, 0.1) is 5.92 Å². The number of fused-ring (bicyclic) bond motifs is 4. The summed E-state index contributed by atoms with van der Waals surface area (Å²) in [4.78, 5) is 45.4. The lowest BCUT2D eigenvalue weighted by Gasteiger charge is -2.38. The molecule has 1 spiro atoms. The van der Waals surface area contributed by atoms with E-state index in [0.717, 1.165) is 23.2 Å². The molecule has 1 N–H and O–H groups in total. The van der Waals surface area contributed by atoms with Gasteiger partial charge in [-0.1, -0.05) is 49.6 Å². The molecule has 3 aliphatic heterocycles. The van der Waals surface area contributed by atoms with Crippen molar-refractivity contribution in [3.8, 4) is 0 Å². The second-order valence-corrected chi connectivity index (χ2v) is 15.0. The Labute approximate surface area is 268 Å². The van der Waals surface area contributed by atoms with Crippen molar-refractivity contribution in [1.82, 2.24) is 18.8 Å². The zero-order valence-corrected chi connectivity index (χ0v) is 27.3. The number of hydrogen-bond acceptors (Lipinski definition) is 5. The smallest absolute Gasteiger partial charge is 0.264 e. The fourth-order valence-corrected chi connectivity index (χ4v) is 9.36. The average Bonchev–Trinajstić information content (AvgIpc) is 3.69. The van der Waals surface area contributed by atoms with E-state index in [0.29, 0.717) is 50.6 Å². The van der Waals surface area contributed by atoms with Gasteiger partial charge in [0.1, 0.15) is 0 Å². The number of carbonyl (C=O) groups is 3. The molecule has 2 aliphatic carbocycles. The molecule has 9 nitrogen and oxygen atoms in total. The molecule has 0 radical (unpaired) electrons. The molecule has 238 valence electrons. The second kappa shape index (κ2) is 11.4. The maximum Gasteiger partial charge on any atom is 0.264 e. The molecule has 7 rings (SSSR count). The van der Waals surface area contributed by atoms with Gasteiger partial charge in [-0.3, -0.25) is 19.1 Å². The highest BCUT2D eigenvalue weighted by atomic mass is 32.2. The first-order valence-corrected chi connectivity index (χ1v) is 17.5. The summed E-state index contributed by atoms with van der Waals surface area (Å²) in [6.07, 6.45) is 9.92. The summed E-state index contributed by atoms with van der Waals surface area (Å²) in [5, 5.41) is 0. The van der Waals surface area contributed by atoms with E-state index >= 15 is 0 Å². The SMILES string of the molecule is CC(=O)N1CCN(C(=O)/C2=C/c3ccccc3C34CC3(C3CCCCC3)c3ccc(C(=O)NS(=O)N(C)C)cc3N4CC2)CC1. The molecule has 1 saturated heterocycles. The van der Waals surface area contributed by atoms with E-state index in [1.54, 1.807) is 25.9 Å². The Kier molecular flexibility index (Phi) is 7.63. The molecule has 2 saturated carbocycles. The van der Waals surface area contributed by atoms with Crippen molar-refractivity contribution in [2.45, 2.75) is 62.8 Å². The minimum Gasteiger partial charge on any atom is -0.360 e. The zero-order valence-electron chi connectivity index (χ0n) is 26.5. The van der Waals surface area contributed by atoms with Gasteiger partial charge in [-0.2, -0.15) is 0 Å². The summed E-state index contributed by atoms with van der Waals surface area (Å²) in [5.74, 6) is 0.272. The Morgan fingerprint density at radius 1 is 0.911 bits per heavy atom. The standard InChI is InChI=1S/C35H43N5O4S/c1-24(41)38-17-19-39(20-18-38)33(43)27-15-16-40-31-22-26(32(42)36-45(44)37(2)3)13-14-30(31)34(28-10-5-4-6-11-28)23-35(34,40)29-12-8-7-9-25(29)21-27/h7-9,12-14,21-22,28H,4-6,10-11,15-20,23H2,1-3H3,(H,36,42)/b27-21+. The van der Waals surface area contributed by atoms with Gasteiger partial charge in [0.05, 0.1) is 5.54 Å². The number of anilines is 1. The van der Waals surface area contributed by atoms with Gasteiger partial charge in [-0.25, -0.2) is 8.51 Å². The summed E-state index contributed by atoms with van der Waals surface area (Å²) in [7, 11) is 3.33. The highest BCUT2D eigenvalue weighted by Gasteiger charge is 2.78. The van der Waals surface area contributed by atoms with E-state index in [-0.39, 0.29) is 28.7 Å². The molecule has 45 heavy (non-hydrogen) atoms. The molecule has 3 heterocycles. The number of nitrogens with zero attached hydrogens (tertiary/aromatic N) is 4. The van der Waals surface area contributed by atoms with Crippen LogP contribution in [0.4, 0.5) is 5.69 Å². The zero-order chi connectivity index (χ0) is 31.5. The summed E-state index contributed by atoms with van der Waals surface area (Å²) in [6.45, 7) is 4.42. The van der Waals surface area contributed by atoms with E-state index in [4.69, 9.17) is 0 Å². The first kappa shape index (κ1) is 30.2. The van der Waals surface area contributed by atoms with Gasteiger partial charge in [0.15, 0.2) is 11.2 Å². The third-order valence-electron chi connectivity index (χ3n) is 11.1. The Hall–Kier alpha value is -3.50. The van der Waals surface area contributed by atoms with Crippen molar-refractivity contribution in [1.29, 1.82) is 0 Å². The number of amides is 3. The van der Waals surface area contributed by atoms with Crippen molar-refractivity contribution in [3.05, 3.63) is 70.3 Å². The van der Waals surface area contributed by atoms with E-state index in [2.05, 4.69) is 46.0 Å². The van der Waals surface area contributed by atoms with E-state index in [9.17, 15) is 18.6 Å². The third kappa shape index (κ3) is 4.74. The van der Waals surface area contributed by atoms with Crippen molar-refractivity contribution < 1.29 is 18.6 Å². The molecule has 0 aromatic heterocycles. The molecule has 0 bridgehead atoms. The Balaban J connectivity index is 1.30. The van der Waals surface area contributed by atoms with Crippen LogP contribution < -0.4 is 9.62 Å². The lowest BCUT2D eigenvalue weighted by molar-refractivity contribution is -0.136. The first-order valence-electron chi connectivity index (χ1n) is 16.3. The molecule has 3 atom stereocenters. The molecule has 3 amide bonds. The molecule has 3 unspecified atom stereocenters. The van der Waals surface area contributed by atoms with Gasteiger partial charge in [-0.05, 0) is 66.5 Å². The van der Waals surface area contributed by atoms with Crippen LogP contribution in [-0.4, -0.2) is 82.9 Å². The van der Waals surface area contributed by atoms with Crippen molar-refractivity contribution in [2.24, 2.45) is 5.92 Å². The lowest BCUT2D eigenvalue weighted by atomic mass is 9.71. The van der Waals surface area contributed by atoms with Crippen LogP contribution in [0.2, 0.25) is 0 Å². The van der Waals surface area contributed by atoms with Crippen molar-refractivity contribution in [2.75, 3.05) is 51.7 Å². The van der Waals surface area contributed by atoms with Gasteiger partial charge in [-0.15, -0.1) is 0 Å². The van der Waals surface area contributed by atoms with Gasteiger partial charge in [0.2, 0.25) is 11.8 Å². The Bertz CT molecular complexity index is 1610. The molecule has 10 heteroatoms. The molecule has 2 aromatic carbocycles. The Morgan fingerprint density at radius 3 is 2.33 bits per heavy atom. The predicted octanol–water partition coefficient (Wildman–Crippen LogP) is 3.97. The van der Waals surface area contributed by atoms with Crippen LogP contribution in [0.15, 0.2) is 48.0 Å². The maximum absolute atomic E-state index is 14.0. The molecular formula is C35H43N5O4S. The van der Waals surface area contributed by atoms with Crippen LogP contribution in [0.5, 0.6) is 0 Å². The van der Waals surface area contributed by atoms with Gasteiger partial charge in [0.25, 0.3) is 5.91 Å².